The summed E-state index contributed by atoms with van der Waals surface area (Å²) < 4.78 is 54.3. The second kappa shape index (κ2) is 10.5. The van der Waals surface area contributed by atoms with Crippen LogP contribution in [0.5, 0.6) is 5.88 Å². The van der Waals surface area contributed by atoms with E-state index in [1.807, 2.05) is 0 Å². The van der Waals surface area contributed by atoms with E-state index in [1.54, 1.807) is 24.2 Å². The second-order valence-corrected chi connectivity index (χ2v) is 9.92. The predicted octanol–water partition coefficient (Wildman–Crippen LogP) is 2.14. The summed E-state index contributed by atoms with van der Waals surface area (Å²) in [6.07, 6.45) is 0.577. The van der Waals surface area contributed by atoms with Crippen molar-refractivity contribution in [1.82, 2.24) is 14.8 Å². The topological polar surface area (TPSA) is 123 Å². The third-order valence-electron chi connectivity index (χ3n) is 6.96. The molecule has 11 nitrogen and oxygen atoms in total. The van der Waals surface area contributed by atoms with Gasteiger partial charge in [-0.25, -0.2) is 8.78 Å². The number of halogens is 3. The van der Waals surface area contributed by atoms with Crippen molar-refractivity contribution in [3.05, 3.63) is 52.8 Å². The van der Waals surface area contributed by atoms with E-state index in [9.17, 15) is 13.9 Å². The van der Waals surface area contributed by atoms with Crippen molar-refractivity contribution >= 4 is 23.1 Å². The second-order valence-electron chi connectivity index (χ2n) is 9.51. The Hall–Kier alpha value is -3.07. The Morgan fingerprint density at radius 1 is 1.15 bits per heavy atom. The minimum Gasteiger partial charge on any atom is -0.471 e. The lowest BCUT2D eigenvalue weighted by Gasteiger charge is -2.26. The van der Waals surface area contributed by atoms with E-state index in [0.717, 1.165) is 0 Å². The van der Waals surface area contributed by atoms with E-state index in [4.69, 9.17) is 35.7 Å². The fourth-order valence-electron chi connectivity index (χ4n) is 4.92. The van der Waals surface area contributed by atoms with Gasteiger partial charge in [-0.15, -0.1) is 0 Å². The number of nitrogens with one attached hydrogen (secondary N) is 1. The van der Waals surface area contributed by atoms with E-state index in [0.29, 0.717) is 22.6 Å². The number of anilines is 2. The molecular formula is C25H26ClF2N5O6. The molecule has 0 amide bonds. The standard InChI is InChI=1S/C25H26ClF2N5O6/c1-32-23-18(30-25(32)39-20-11-37-21-19(35)10-36-22(20)21)6-15(26)24(31-23)38-9-14-16(27)4-12(5-17(14)28)13-7-29-33(8-13)2-3-34/h4-8,19-22,25,30,34-35H,2-3,9-11H2,1H3/t19-,20-,21-,22-,25?/m1/s1. The summed E-state index contributed by atoms with van der Waals surface area (Å²) in [6, 6.07) is 4.00. The van der Waals surface area contributed by atoms with E-state index >= 15 is 0 Å². The summed E-state index contributed by atoms with van der Waals surface area (Å²) in [6.45, 7) is 0.206. The molecule has 3 aromatic rings. The molecule has 39 heavy (non-hydrogen) atoms. The van der Waals surface area contributed by atoms with Crippen LogP contribution in [0, 0.1) is 11.6 Å². The Balaban J connectivity index is 1.14. The van der Waals surface area contributed by atoms with Gasteiger partial charge in [0.25, 0.3) is 0 Å². The molecule has 3 aliphatic rings. The smallest absolute Gasteiger partial charge is 0.235 e. The Labute approximate surface area is 226 Å². The summed E-state index contributed by atoms with van der Waals surface area (Å²) in [4.78, 5) is 6.17. The van der Waals surface area contributed by atoms with Crippen molar-refractivity contribution in [2.45, 2.75) is 43.9 Å². The average molecular weight is 566 g/mol. The first kappa shape index (κ1) is 26.2. The van der Waals surface area contributed by atoms with E-state index in [-0.39, 0.29) is 48.9 Å². The zero-order valence-corrected chi connectivity index (χ0v) is 21.5. The van der Waals surface area contributed by atoms with E-state index in [1.165, 1.54) is 23.0 Å². The Kier molecular flexibility index (Phi) is 7.04. The molecule has 208 valence electrons. The molecule has 6 rings (SSSR count). The monoisotopic (exact) mass is 565 g/mol. The molecule has 5 atom stereocenters. The Morgan fingerprint density at radius 3 is 2.69 bits per heavy atom. The third-order valence-corrected chi connectivity index (χ3v) is 7.23. The van der Waals surface area contributed by atoms with Crippen molar-refractivity contribution in [2.75, 3.05) is 37.1 Å². The number of aliphatic hydroxyl groups is 2. The van der Waals surface area contributed by atoms with Crippen molar-refractivity contribution < 1.29 is 37.9 Å². The lowest BCUT2D eigenvalue weighted by atomic mass is 10.1. The molecule has 5 heterocycles. The molecule has 0 bridgehead atoms. The van der Waals surface area contributed by atoms with E-state index in [2.05, 4.69) is 15.4 Å². The molecule has 2 fully saturated rings. The van der Waals surface area contributed by atoms with Gasteiger partial charge in [-0.3, -0.25) is 4.68 Å². The molecule has 0 aliphatic carbocycles. The van der Waals surface area contributed by atoms with Crippen LogP contribution in [-0.2, 0) is 27.4 Å². The molecule has 2 aromatic heterocycles. The van der Waals surface area contributed by atoms with Crippen molar-refractivity contribution in [1.29, 1.82) is 0 Å². The minimum atomic E-state index is -0.791. The maximum atomic E-state index is 14.9. The maximum Gasteiger partial charge on any atom is 0.235 e. The molecular weight excluding hydrogens is 540 g/mol. The lowest BCUT2D eigenvalue weighted by Crippen LogP contribution is -2.43. The number of benzene rings is 1. The van der Waals surface area contributed by atoms with Gasteiger partial charge < -0.3 is 39.4 Å². The van der Waals surface area contributed by atoms with Gasteiger partial charge in [0.05, 0.1) is 43.8 Å². The summed E-state index contributed by atoms with van der Waals surface area (Å²) in [7, 11) is 1.76. The van der Waals surface area contributed by atoms with Gasteiger partial charge >= 0.3 is 0 Å². The van der Waals surface area contributed by atoms with Gasteiger partial charge in [-0.05, 0) is 23.8 Å². The molecule has 2 saturated heterocycles. The number of aliphatic hydroxyl groups excluding tert-OH is 2. The van der Waals surface area contributed by atoms with Gasteiger partial charge in [0.1, 0.15) is 47.7 Å². The van der Waals surface area contributed by atoms with Crippen LogP contribution in [0.2, 0.25) is 5.02 Å². The van der Waals surface area contributed by atoms with Crippen LogP contribution in [-0.4, -0.2) is 82.6 Å². The fourth-order valence-corrected chi connectivity index (χ4v) is 5.12. The molecule has 0 saturated carbocycles. The average Bonchev–Trinajstić information content (AvgIpc) is 3.67. The molecule has 0 radical (unpaired) electrons. The maximum absolute atomic E-state index is 14.9. The number of pyridine rings is 1. The number of ether oxygens (including phenoxy) is 4. The van der Waals surface area contributed by atoms with Crippen molar-refractivity contribution in [3.63, 3.8) is 0 Å². The molecule has 1 aromatic carbocycles. The highest BCUT2D eigenvalue weighted by Crippen LogP contribution is 2.40. The van der Waals surface area contributed by atoms with Crippen molar-refractivity contribution in [2.24, 2.45) is 0 Å². The highest BCUT2D eigenvalue weighted by atomic mass is 35.5. The number of hydrogen-bond donors (Lipinski definition) is 3. The van der Waals surface area contributed by atoms with Crippen LogP contribution in [0.3, 0.4) is 0 Å². The van der Waals surface area contributed by atoms with E-state index < -0.39 is 42.9 Å². The first-order chi connectivity index (χ1) is 18.8. The minimum absolute atomic E-state index is 0.00406. The third kappa shape index (κ3) is 4.90. The van der Waals surface area contributed by atoms with Crippen LogP contribution < -0.4 is 15.0 Å². The largest absolute Gasteiger partial charge is 0.471 e. The molecule has 3 aliphatic heterocycles. The predicted molar refractivity (Wildman–Crippen MR) is 134 cm³/mol. The van der Waals surface area contributed by atoms with Gasteiger partial charge in [0.2, 0.25) is 12.2 Å². The van der Waals surface area contributed by atoms with Crippen LogP contribution in [0.25, 0.3) is 11.1 Å². The first-order valence-electron chi connectivity index (χ1n) is 12.3. The molecule has 1 unspecified atom stereocenters. The number of aromatic nitrogens is 3. The van der Waals surface area contributed by atoms with Gasteiger partial charge in [-0.1, -0.05) is 11.6 Å². The van der Waals surface area contributed by atoms with Gasteiger partial charge in [0.15, 0.2) is 5.82 Å². The normalized spacial score (nSPS) is 25.6. The van der Waals surface area contributed by atoms with Crippen molar-refractivity contribution in [3.8, 4) is 17.0 Å². The summed E-state index contributed by atoms with van der Waals surface area (Å²) in [5.41, 5.74) is 1.13. The molecule has 3 N–H and O–H groups in total. The summed E-state index contributed by atoms with van der Waals surface area (Å²) in [5.74, 6) is -1.11. The highest BCUT2D eigenvalue weighted by molar-refractivity contribution is 6.32. The van der Waals surface area contributed by atoms with Crippen LogP contribution >= 0.6 is 11.6 Å². The van der Waals surface area contributed by atoms with Crippen LogP contribution in [0.1, 0.15) is 5.56 Å². The fraction of sp³-hybridized carbons (Fsp3) is 0.440. The zero-order chi connectivity index (χ0) is 27.3. The molecule has 14 heteroatoms. The zero-order valence-electron chi connectivity index (χ0n) is 20.8. The van der Waals surface area contributed by atoms with Gasteiger partial charge in [-0.2, -0.15) is 10.1 Å². The summed E-state index contributed by atoms with van der Waals surface area (Å²) >= 11 is 6.37. The summed E-state index contributed by atoms with van der Waals surface area (Å²) in [5, 5.41) is 26.4. The molecule has 0 spiro atoms. The first-order valence-corrected chi connectivity index (χ1v) is 12.7. The lowest BCUT2D eigenvalue weighted by molar-refractivity contribution is -0.0611. The number of fused-ring (bicyclic) bond motifs is 2. The van der Waals surface area contributed by atoms with Crippen LogP contribution in [0.4, 0.5) is 20.3 Å². The van der Waals surface area contributed by atoms with Gasteiger partial charge in [0, 0.05) is 18.8 Å². The Bertz CT molecular complexity index is 1360. The number of nitrogens with zero attached hydrogens (tertiary/aromatic N) is 4. The highest BCUT2D eigenvalue weighted by Gasteiger charge is 2.49. The quantitative estimate of drug-likeness (QED) is 0.374. The SMILES string of the molecule is CN1c2nc(OCc3c(F)cc(-c4cnn(CCO)c4)cc3F)c(Cl)cc2NC1O[C@@H]1CO[C@H]2[C@@H]1OC[C@H]2O. The number of hydrogen-bond acceptors (Lipinski definition) is 10. The Morgan fingerprint density at radius 2 is 1.92 bits per heavy atom. The van der Waals surface area contributed by atoms with Crippen LogP contribution in [0.15, 0.2) is 30.6 Å². The number of rotatable bonds is 8.